The van der Waals surface area contributed by atoms with E-state index in [1.165, 1.54) is 37.0 Å². The van der Waals surface area contributed by atoms with Gasteiger partial charge in [0, 0.05) is 11.3 Å². The highest BCUT2D eigenvalue weighted by Crippen LogP contribution is 2.36. The van der Waals surface area contributed by atoms with Crippen LogP contribution in [0.3, 0.4) is 0 Å². The topological polar surface area (TPSA) is 30.2 Å². The van der Waals surface area contributed by atoms with Crippen molar-refractivity contribution >= 4 is 27.6 Å². The molecule has 0 spiro atoms. The van der Waals surface area contributed by atoms with Crippen LogP contribution in [0.15, 0.2) is 48.5 Å². The summed E-state index contributed by atoms with van der Waals surface area (Å²) >= 11 is 0. The monoisotopic (exact) mass is 287 g/mol. The zero-order valence-electron chi connectivity index (χ0n) is 12.4. The van der Waals surface area contributed by atoms with Crippen LogP contribution in [0.2, 0.25) is 0 Å². The largest absolute Gasteiger partial charge is 0.279 e. The number of aromatic nitrogens is 3. The number of benzene rings is 2. The van der Waals surface area contributed by atoms with Crippen molar-refractivity contribution in [2.24, 2.45) is 0 Å². The number of fused-ring (bicyclic) bond motifs is 5. The molecule has 0 unspecified atom stereocenters. The van der Waals surface area contributed by atoms with Crippen molar-refractivity contribution in [3.05, 3.63) is 54.4 Å². The Balaban J connectivity index is 1.99. The Morgan fingerprint density at radius 2 is 1.55 bits per heavy atom. The molecular formula is C19H17N3. The van der Waals surface area contributed by atoms with Crippen LogP contribution in [0.5, 0.6) is 0 Å². The second-order valence-electron chi connectivity index (χ2n) is 6.23. The SMILES string of the molecule is c1ccc2c(c1)nc(C1CCCC1)n1c3ccccc3nc21. The maximum atomic E-state index is 5.03. The Labute approximate surface area is 128 Å². The van der Waals surface area contributed by atoms with Gasteiger partial charge in [-0.05, 0) is 37.1 Å². The number of hydrogen-bond donors (Lipinski definition) is 0. The van der Waals surface area contributed by atoms with Gasteiger partial charge in [0.2, 0.25) is 0 Å². The van der Waals surface area contributed by atoms with E-state index in [-0.39, 0.29) is 0 Å². The summed E-state index contributed by atoms with van der Waals surface area (Å²) in [6.45, 7) is 0. The summed E-state index contributed by atoms with van der Waals surface area (Å²) < 4.78 is 2.30. The van der Waals surface area contributed by atoms with E-state index in [4.69, 9.17) is 9.97 Å². The van der Waals surface area contributed by atoms with Crippen molar-refractivity contribution in [3.63, 3.8) is 0 Å². The average Bonchev–Trinajstić information content (AvgIpc) is 3.22. The van der Waals surface area contributed by atoms with E-state index in [0.717, 1.165) is 22.1 Å². The summed E-state index contributed by atoms with van der Waals surface area (Å²) in [6.07, 6.45) is 5.11. The van der Waals surface area contributed by atoms with Gasteiger partial charge in [-0.25, -0.2) is 9.97 Å². The van der Waals surface area contributed by atoms with Crippen LogP contribution in [0, 0.1) is 0 Å². The number of para-hydroxylation sites is 3. The standard InChI is InChI=1S/C19H17N3/c1-2-8-13(7-1)18-20-15-10-4-3-9-14(15)19-21-16-11-5-6-12-17(16)22(18)19/h3-6,9-13H,1-2,7-8H2. The summed E-state index contributed by atoms with van der Waals surface area (Å²) in [5.74, 6) is 1.75. The summed E-state index contributed by atoms with van der Waals surface area (Å²) in [5, 5.41) is 1.14. The Bertz CT molecular complexity index is 994. The highest BCUT2D eigenvalue weighted by Gasteiger charge is 2.23. The Hall–Kier alpha value is -2.42. The quantitative estimate of drug-likeness (QED) is 0.508. The lowest BCUT2D eigenvalue weighted by atomic mass is 10.1. The predicted octanol–water partition coefficient (Wildman–Crippen LogP) is 4.69. The van der Waals surface area contributed by atoms with E-state index in [0.29, 0.717) is 5.92 Å². The normalized spacial score (nSPS) is 16.2. The average molecular weight is 287 g/mol. The minimum Gasteiger partial charge on any atom is -0.279 e. The van der Waals surface area contributed by atoms with Gasteiger partial charge >= 0.3 is 0 Å². The molecule has 1 aliphatic carbocycles. The fourth-order valence-electron chi connectivity index (χ4n) is 3.83. The summed E-state index contributed by atoms with van der Waals surface area (Å²) in [4.78, 5) is 9.93. The molecule has 0 radical (unpaired) electrons. The predicted molar refractivity (Wildman–Crippen MR) is 89.2 cm³/mol. The van der Waals surface area contributed by atoms with Crippen LogP contribution in [0.4, 0.5) is 0 Å². The molecule has 22 heavy (non-hydrogen) atoms. The third kappa shape index (κ3) is 1.62. The van der Waals surface area contributed by atoms with Gasteiger partial charge in [-0.2, -0.15) is 0 Å². The summed E-state index contributed by atoms with van der Waals surface area (Å²) in [6, 6.07) is 16.8. The third-order valence-corrected chi connectivity index (χ3v) is 4.89. The van der Waals surface area contributed by atoms with Crippen molar-refractivity contribution in [2.75, 3.05) is 0 Å². The van der Waals surface area contributed by atoms with E-state index in [9.17, 15) is 0 Å². The third-order valence-electron chi connectivity index (χ3n) is 4.89. The Morgan fingerprint density at radius 3 is 2.41 bits per heavy atom. The van der Waals surface area contributed by atoms with Crippen LogP contribution in [-0.4, -0.2) is 14.4 Å². The molecule has 5 rings (SSSR count). The van der Waals surface area contributed by atoms with Gasteiger partial charge in [0.05, 0.1) is 16.6 Å². The molecule has 0 N–H and O–H groups in total. The molecule has 108 valence electrons. The van der Waals surface area contributed by atoms with Gasteiger partial charge in [-0.15, -0.1) is 0 Å². The molecule has 3 nitrogen and oxygen atoms in total. The van der Waals surface area contributed by atoms with Gasteiger partial charge in [-0.3, -0.25) is 4.40 Å². The second-order valence-corrected chi connectivity index (χ2v) is 6.23. The van der Waals surface area contributed by atoms with Crippen LogP contribution in [0.25, 0.3) is 27.6 Å². The first-order valence-electron chi connectivity index (χ1n) is 8.08. The maximum absolute atomic E-state index is 5.03. The lowest BCUT2D eigenvalue weighted by molar-refractivity contribution is 0.664. The minimum absolute atomic E-state index is 0.560. The maximum Gasteiger partial charge on any atom is 0.148 e. The first-order valence-corrected chi connectivity index (χ1v) is 8.08. The molecule has 2 heterocycles. The molecular weight excluding hydrogens is 270 g/mol. The number of hydrogen-bond acceptors (Lipinski definition) is 2. The molecule has 3 heteroatoms. The van der Waals surface area contributed by atoms with Crippen molar-refractivity contribution in [1.82, 2.24) is 14.4 Å². The summed E-state index contributed by atoms with van der Waals surface area (Å²) in [7, 11) is 0. The molecule has 0 saturated heterocycles. The zero-order valence-corrected chi connectivity index (χ0v) is 12.4. The van der Waals surface area contributed by atoms with Crippen molar-refractivity contribution in [1.29, 1.82) is 0 Å². The lowest BCUT2D eigenvalue weighted by Crippen LogP contribution is -2.06. The van der Waals surface area contributed by atoms with Crippen LogP contribution in [-0.2, 0) is 0 Å². The van der Waals surface area contributed by atoms with E-state index >= 15 is 0 Å². The fraction of sp³-hybridized carbons (Fsp3) is 0.263. The molecule has 4 aromatic rings. The van der Waals surface area contributed by atoms with Crippen molar-refractivity contribution in [3.8, 4) is 0 Å². The highest BCUT2D eigenvalue weighted by atomic mass is 15.1. The van der Waals surface area contributed by atoms with Gasteiger partial charge in [0.1, 0.15) is 11.5 Å². The van der Waals surface area contributed by atoms with Crippen LogP contribution >= 0.6 is 0 Å². The second kappa shape index (κ2) is 4.54. The van der Waals surface area contributed by atoms with Gasteiger partial charge < -0.3 is 0 Å². The number of nitrogens with zero attached hydrogens (tertiary/aromatic N) is 3. The molecule has 1 saturated carbocycles. The van der Waals surface area contributed by atoms with E-state index in [1.54, 1.807) is 0 Å². The highest BCUT2D eigenvalue weighted by molar-refractivity contribution is 5.96. The molecule has 0 amide bonds. The number of imidazole rings is 1. The van der Waals surface area contributed by atoms with Crippen molar-refractivity contribution in [2.45, 2.75) is 31.6 Å². The lowest BCUT2D eigenvalue weighted by Gasteiger charge is -2.13. The van der Waals surface area contributed by atoms with E-state index in [1.807, 2.05) is 0 Å². The van der Waals surface area contributed by atoms with Gasteiger partial charge in [-0.1, -0.05) is 37.1 Å². The van der Waals surface area contributed by atoms with Crippen LogP contribution < -0.4 is 0 Å². The molecule has 0 atom stereocenters. The molecule has 2 aromatic heterocycles. The van der Waals surface area contributed by atoms with Crippen LogP contribution in [0.1, 0.15) is 37.4 Å². The molecule has 2 aromatic carbocycles. The first kappa shape index (κ1) is 12.2. The molecule has 0 bridgehead atoms. The summed E-state index contributed by atoms with van der Waals surface area (Å²) in [5.41, 5.74) is 4.35. The zero-order chi connectivity index (χ0) is 14.5. The van der Waals surface area contributed by atoms with E-state index < -0.39 is 0 Å². The van der Waals surface area contributed by atoms with Gasteiger partial charge in [0.15, 0.2) is 0 Å². The molecule has 1 fully saturated rings. The minimum atomic E-state index is 0.560. The van der Waals surface area contributed by atoms with Crippen molar-refractivity contribution < 1.29 is 0 Å². The van der Waals surface area contributed by atoms with Gasteiger partial charge in [0.25, 0.3) is 0 Å². The van der Waals surface area contributed by atoms with E-state index in [2.05, 4.69) is 52.9 Å². The molecule has 1 aliphatic rings. The first-order chi connectivity index (χ1) is 10.9. The smallest absolute Gasteiger partial charge is 0.148 e. The number of rotatable bonds is 1. The molecule has 0 aliphatic heterocycles. The fourth-order valence-corrected chi connectivity index (χ4v) is 3.83. The Kier molecular flexibility index (Phi) is 2.51. The Morgan fingerprint density at radius 1 is 0.818 bits per heavy atom.